The summed E-state index contributed by atoms with van der Waals surface area (Å²) in [6, 6.07) is 4.85. The molecule has 19 heavy (non-hydrogen) atoms. The molecule has 0 aliphatic carbocycles. The SMILES string of the molecule is Cc1ccncc1C(=O)OC(=O)c1cccnc1C. The molecule has 0 saturated heterocycles. The summed E-state index contributed by atoms with van der Waals surface area (Å²) in [5.41, 5.74) is 1.77. The summed E-state index contributed by atoms with van der Waals surface area (Å²) in [4.78, 5) is 31.5. The van der Waals surface area contributed by atoms with Crippen molar-refractivity contribution in [3.63, 3.8) is 0 Å². The van der Waals surface area contributed by atoms with Crippen LogP contribution in [0.4, 0.5) is 0 Å². The number of carbonyl (C=O) groups is 2. The van der Waals surface area contributed by atoms with E-state index in [1.165, 1.54) is 6.20 Å². The first-order chi connectivity index (χ1) is 9.09. The van der Waals surface area contributed by atoms with Crippen LogP contribution in [0.5, 0.6) is 0 Å². The third-order valence-electron chi connectivity index (χ3n) is 2.67. The molecule has 5 nitrogen and oxygen atoms in total. The van der Waals surface area contributed by atoms with Crippen LogP contribution in [0.2, 0.25) is 0 Å². The lowest BCUT2D eigenvalue weighted by Gasteiger charge is -2.06. The molecule has 0 bridgehead atoms. The molecular formula is C14H12N2O3. The molecule has 0 spiro atoms. The van der Waals surface area contributed by atoms with Crippen molar-refractivity contribution in [2.24, 2.45) is 0 Å². The summed E-state index contributed by atoms with van der Waals surface area (Å²) in [5.74, 6) is -1.42. The fourth-order valence-corrected chi connectivity index (χ4v) is 1.57. The van der Waals surface area contributed by atoms with E-state index >= 15 is 0 Å². The zero-order valence-electron chi connectivity index (χ0n) is 10.6. The van der Waals surface area contributed by atoms with E-state index in [9.17, 15) is 9.59 Å². The van der Waals surface area contributed by atoms with Gasteiger partial charge in [-0.3, -0.25) is 9.97 Å². The molecule has 96 valence electrons. The lowest BCUT2D eigenvalue weighted by atomic mass is 10.1. The van der Waals surface area contributed by atoms with E-state index in [0.29, 0.717) is 11.3 Å². The first kappa shape index (κ1) is 12.9. The second-order valence-corrected chi connectivity index (χ2v) is 4.00. The van der Waals surface area contributed by atoms with Gasteiger partial charge in [0.15, 0.2) is 0 Å². The van der Waals surface area contributed by atoms with Crippen LogP contribution in [0.15, 0.2) is 36.8 Å². The first-order valence-electron chi connectivity index (χ1n) is 5.68. The monoisotopic (exact) mass is 256 g/mol. The molecule has 0 unspecified atom stereocenters. The summed E-state index contributed by atoms with van der Waals surface area (Å²) in [5, 5.41) is 0. The predicted octanol–water partition coefficient (Wildman–Crippen LogP) is 2.09. The van der Waals surface area contributed by atoms with Gasteiger partial charge in [-0.1, -0.05) is 0 Å². The smallest absolute Gasteiger partial charge is 0.347 e. The van der Waals surface area contributed by atoms with Gasteiger partial charge in [-0.25, -0.2) is 9.59 Å². The van der Waals surface area contributed by atoms with Gasteiger partial charge in [0.05, 0.1) is 16.8 Å². The Hall–Kier alpha value is -2.56. The van der Waals surface area contributed by atoms with E-state index in [1.807, 2.05) is 0 Å². The van der Waals surface area contributed by atoms with E-state index in [1.54, 1.807) is 44.4 Å². The topological polar surface area (TPSA) is 69.2 Å². The van der Waals surface area contributed by atoms with Gasteiger partial charge in [0.2, 0.25) is 0 Å². The third kappa shape index (κ3) is 2.82. The van der Waals surface area contributed by atoms with Crippen molar-refractivity contribution in [3.05, 3.63) is 59.2 Å². The Labute approximate surface area is 110 Å². The number of esters is 2. The number of hydrogen-bond donors (Lipinski definition) is 0. The highest BCUT2D eigenvalue weighted by molar-refractivity contribution is 6.03. The lowest BCUT2D eigenvalue weighted by molar-refractivity contribution is 0.0396. The fourth-order valence-electron chi connectivity index (χ4n) is 1.57. The summed E-state index contributed by atoms with van der Waals surface area (Å²) in [7, 11) is 0. The number of aromatic nitrogens is 2. The fraction of sp³-hybridized carbons (Fsp3) is 0.143. The third-order valence-corrected chi connectivity index (χ3v) is 2.67. The molecule has 2 aromatic rings. The van der Waals surface area contributed by atoms with Crippen molar-refractivity contribution in [3.8, 4) is 0 Å². The summed E-state index contributed by atoms with van der Waals surface area (Å²) >= 11 is 0. The van der Waals surface area contributed by atoms with Crippen LogP contribution < -0.4 is 0 Å². The number of rotatable bonds is 2. The highest BCUT2D eigenvalue weighted by atomic mass is 16.6. The Morgan fingerprint density at radius 2 is 1.79 bits per heavy atom. The number of carbonyl (C=O) groups excluding carboxylic acids is 2. The molecule has 0 aliphatic rings. The highest BCUT2D eigenvalue weighted by Gasteiger charge is 2.18. The van der Waals surface area contributed by atoms with Gasteiger partial charge < -0.3 is 4.74 Å². The first-order valence-corrected chi connectivity index (χ1v) is 5.68. The number of pyridine rings is 2. The minimum absolute atomic E-state index is 0.275. The normalized spacial score (nSPS) is 10.0. The minimum Gasteiger partial charge on any atom is -0.386 e. The van der Waals surface area contributed by atoms with Gasteiger partial charge in [-0.2, -0.15) is 0 Å². The zero-order chi connectivity index (χ0) is 13.8. The van der Waals surface area contributed by atoms with E-state index in [-0.39, 0.29) is 11.1 Å². The molecule has 0 atom stereocenters. The van der Waals surface area contributed by atoms with Crippen LogP contribution in [0.1, 0.15) is 32.0 Å². The Bertz CT molecular complexity index is 583. The van der Waals surface area contributed by atoms with Crippen LogP contribution in [-0.4, -0.2) is 21.9 Å². The van der Waals surface area contributed by atoms with E-state index in [2.05, 4.69) is 9.97 Å². The molecular weight excluding hydrogens is 244 g/mol. The molecule has 0 radical (unpaired) electrons. The maximum absolute atomic E-state index is 11.9. The predicted molar refractivity (Wildman–Crippen MR) is 67.7 cm³/mol. The molecule has 5 heteroatoms. The van der Waals surface area contributed by atoms with Crippen molar-refractivity contribution in [2.45, 2.75) is 13.8 Å². The average Bonchev–Trinajstić information content (AvgIpc) is 2.39. The van der Waals surface area contributed by atoms with Gasteiger partial charge in [0.1, 0.15) is 0 Å². The van der Waals surface area contributed by atoms with Crippen LogP contribution in [0.25, 0.3) is 0 Å². The summed E-state index contributed by atoms with van der Waals surface area (Å²) in [6.07, 6.45) is 4.51. The molecule has 2 rings (SSSR count). The largest absolute Gasteiger partial charge is 0.386 e. The molecule has 2 heterocycles. The van der Waals surface area contributed by atoms with Crippen LogP contribution in [0, 0.1) is 13.8 Å². The molecule has 0 amide bonds. The van der Waals surface area contributed by atoms with Gasteiger partial charge in [0.25, 0.3) is 0 Å². The zero-order valence-corrected chi connectivity index (χ0v) is 10.6. The highest BCUT2D eigenvalue weighted by Crippen LogP contribution is 2.10. The van der Waals surface area contributed by atoms with Gasteiger partial charge >= 0.3 is 11.9 Å². The van der Waals surface area contributed by atoms with E-state index < -0.39 is 11.9 Å². The lowest BCUT2D eigenvalue weighted by Crippen LogP contribution is -2.15. The molecule has 0 aliphatic heterocycles. The average molecular weight is 256 g/mol. The Balaban J connectivity index is 2.19. The maximum Gasteiger partial charge on any atom is 0.347 e. The van der Waals surface area contributed by atoms with Gasteiger partial charge in [-0.15, -0.1) is 0 Å². The maximum atomic E-state index is 11.9. The van der Waals surface area contributed by atoms with Crippen LogP contribution in [0.3, 0.4) is 0 Å². The molecule has 0 N–H and O–H groups in total. The number of nitrogens with zero attached hydrogens (tertiary/aromatic N) is 2. The van der Waals surface area contributed by atoms with Crippen molar-refractivity contribution in [1.29, 1.82) is 0 Å². The van der Waals surface area contributed by atoms with Gasteiger partial charge in [-0.05, 0) is 37.6 Å². The van der Waals surface area contributed by atoms with Crippen molar-refractivity contribution < 1.29 is 14.3 Å². The second kappa shape index (κ2) is 5.39. The Morgan fingerprint density at radius 1 is 1.05 bits per heavy atom. The Kier molecular flexibility index (Phi) is 3.66. The minimum atomic E-state index is -0.709. The number of aryl methyl sites for hydroxylation is 2. The molecule has 2 aromatic heterocycles. The Morgan fingerprint density at radius 3 is 2.47 bits per heavy atom. The molecule has 0 saturated carbocycles. The van der Waals surface area contributed by atoms with Crippen LogP contribution in [-0.2, 0) is 4.74 Å². The molecule has 0 fully saturated rings. The standard InChI is InChI=1S/C14H12N2O3/c1-9-5-7-15-8-12(9)14(18)19-13(17)11-4-3-6-16-10(11)2/h3-8H,1-2H3. The summed E-state index contributed by atoms with van der Waals surface area (Å²) in [6.45, 7) is 3.43. The van der Waals surface area contributed by atoms with E-state index in [0.717, 1.165) is 0 Å². The molecule has 0 aromatic carbocycles. The second-order valence-electron chi connectivity index (χ2n) is 4.00. The van der Waals surface area contributed by atoms with Crippen molar-refractivity contribution >= 4 is 11.9 Å². The van der Waals surface area contributed by atoms with Gasteiger partial charge in [0, 0.05) is 18.6 Å². The number of hydrogen-bond acceptors (Lipinski definition) is 5. The number of ether oxygens (including phenoxy) is 1. The van der Waals surface area contributed by atoms with Crippen LogP contribution >= 0.6 is 0 Å². The van der Waals surface area contributed by atoms with Crippen molar-refractivity contribution in [2.75, 3.05) is 0 Å². The van der Waals surface area contributed by atoms with Crippen molar-refractivity contribution in [1.82, 2.24) is 9.97 Å². The summed E-state index contributed by atoms with van der Waals surface area (Å²) < 4.78 is 4.83. The quantitative estimate of drug-likeness (QED) is 0.608. The van der Waals surface area contributed by atoms with E-state index in [4.69, 9.17) is 4.74 Å².